The number of amides is 2. The van der Waals surface area contributed by atoms with Gasteiger partial charge in [0.05, 0.1) is 22.8 Å². The third kappa shape index (κ3) is 4.62. The number of piperidine rings is 1. The van der Waals surface area contributed by atoms with E-state index in [2.05, 4.69) is 4.72 Å². The van der Waals surface area contributed by atoms with Crippen LogP contribution in [0, 0.1) is 0 Å². The van der Waals surface area contributed by atoms with Gasteiger partial charge in [0.15, 0.2) is 0 Å². The number of rotatable bonds is 6. The first-order valence-corrected chi connectivity index (χ1v) is 10.6. The summed E-state index contributed by atoms with van der Waals surface area (Å²) in [6, 6.07) is 11.4. The summed E-state index contributed by atoms with van der Waals surface area (Å²) in [4.78, 5) is 36.7. The molecule has 1 heterocycles. The van der Waals surface area contributed by atoms with E-state index in [0.717, 1.165) is 4.90 Å². The molecule has 8 nitrogen and oxygen atoms in total. The van der Waals surface area contributed by atoms with Gasteiger partial charge in [-0.05, 0) is 61.9 Å². The monoisotopic (exact) mass is 416 g/mol. The minimum absolute atomic E-state index is 0.0207. The number of esters is 1. The SMILES string of the molecule is CCOC(=O)c1ccc(NS(=O)(=O)c2ccc(N3C(=O)CCCC3=O)cc2)cc1. The number of anilines is 2. The van der Waals surface area contributed by atoms with Crippen LogP contribution in [-0.4, -0.2) is 32.8 Å². The van der Waals surface area contributed by atoms with Gasteiger partial charge < -0.3 is 4.74 Å². The molecule has 29 heavy (non-hydrogen) atoms. The second kappa shape index (κ2) is 8.44. The molecule has 0 atom stereocenters. The standard InChI is InChI=1S/C20H20N2O6S/c1-2-28-20(25)14-6-8-15(9-7-14)21-29(26,27)17-12-10-16(11-13-17)22-18(23)4-3-5-19(22)24/h6-13,21H,2-5H2,1H3. The van der Waals surface area contributed by atoms with Crippen LogP contribution in [0.15, 0.2) is 53.4 Å². The predicted octanol–water partition coefficient (Wildman–Crippen LogP) is 2.71. The number of nitrogens with zero attached hydrogens (tertiary/aromatic N) is 1. The number of hydrogen-bond donors (Lipinski definition) is 1. The lowest BCUT2D eigenvalue weighted by atomic mass is 10.1. The largest absolute Gasteiger partial charge is 0.462 e. The number of ether oxygens (including phenoxy) is 1. The fourth-order valence-corrected chi connectivity index (χ4v) is 3.98. The highest BCUT2D eigenvalue weighted by atomic mass is 32.2. The highest BCUT2D eigenvalue weighted by Gasteiger charge is 2.27. The summed E-state index contributed by atoms with van der Waals surface area (Å²) in [6.07, 6.45) is 1.10. The Balaban J connectivity index is 1.75. The minimum Gasteiger partial charge on any atom is -0.462 e. The van der Waals surface area contributed by atoms with Crippen molar-refractivity contribution in [2.75, 3.05) is 16.2 Å². The van der Waals surface area contributed by atoms with Gasteiger partial charge in [0.1, 0.15) is 0 Å². The topological polar surface area (TPSA) is 110 Å². The maximum Gasteiger partial charge on any atom is 0.338 e. The Morgan fingerprint density at radius 3 is 2.14 bits per heavy atom. The van der Waals surface area contributed by atoms with Crippen LogP contribution in [0.25, 0.3) is 0 Å². The number of benzene rings is 2. The van der Waals surface area contributed by atoms with Crippen molar-refractivity contribution < 1.29 is 27.5 Å². The van der Waals surface area contributed by atoms with Gasteiger partial charge in [-0.2, -0.15) is 0 Å². The molecule has 2 aromatic carbocycles. The summed E-state index contributed by atoms with van der Waals surface area (Å²) < 4.78 is 32.5. The fourth-order valence-electron chi connectivity index (χ4n) is 2.92. The molecule has 0 saturated carbocycles. The van der Waals surface area contributed by atoms with Crippen molar-refractivity contribution in [3.8, 4) is 0 Å². The number of imide groups is 1. The maximum atomic E-state index is 12.6. The lowest BCUT2D eigenvalue weighted by molar-refractivity contribution is -0.129. The first kappa shape index (κ1) is 20.5. The molecule has 9 heteroatoms. The van der Waals surface area contributed by atoms with E-state index in [1.807, 2.05) is 0 Å². The van der Waals surface area contributed by atoms with Gasteiger partial charge in [0.25, 0.3) is 10.0 Å². The smallest absolute Gasteiger partial charge is 0.338 e. The molecule has 0 unspecified atom stereocenters. The molecule has 152 valence electrons. The molecule has 2 aromatic rings. The molecule has 1 aliphatic rings. The van der Waals surface area contributed by atoms with Gasteiger partial charge in [-0.3, -0.25) is 19.2 Å². The average molecular weight is 416 g/mol. The highest BCUT2D eigenvalue weighted by molar-refractivity contribution is 7.92. The Labute approximate surface area is 168 Å². The van der Waals surface area contributed by atoms with Crippen LogP contribution in [0.5, 0.6) is 0 Å². The molecule has 0 aliphatic carbocycles. The fraction of sp³-hybridized carbons (Fsp3) is 0.250. The predicted molar refractivity (Wildman–Crippen MR) is 106 cm³/mol. The van der Waals surface area contributed by atoms with Crippen LogP contribution in [0.2, 0.25) is 0 Å². The molecule has 1 fully saturated rings. The lowest BCUT2D eigenvalue weighted by Gasteiger charge is -2.24. The molecule has 1 N–H and O–H groups in total. The van der Waals surface area contributed by atoms with Gasteiger partial charge in [-0.25, -0.2) is 13.2 Å². The van der Waals surface area contributed by atoms with E-state index in [1.54, 1.807) is 6.92 Å². The van der Waals surface area contributed by atoms with Crippen molar-refractivity contribution in [2.24, 2.45) is 0 Å². The number of carbonyl (C=O) groups is 3. The third-order valence-corrected chi connectivity index (χ3v) is 5.73. The molecule has 3 rings (SSSR count). The number of carbonyl (C=O) groups excluding carboxylic acids is 3. The molecular weight excluding hydrogens is 396 g/mol. The van der Waals surface area contributed by atoms with Crippen LogP contribution in [0.4, 0.5) is 11.4 Å². The third-order valence-electron chi connectivity index (χ3n) is 4.33. The number of hydrogen-bond acceptors (Lipinski definition) is 6. The van der Waals surface area contributed by atoms with Crippen LogP contribution in [-0.2, 0) is 24.3 Å². The van der Waals surface area contributed by atoms with Crippen molar-refractivity contribution >= 4 is 39.2 Å². The van der Waals surface area contributed by atoms with Crippen molar-refractivity contribution in [3.63, 3.8) is 0 Å². The van der Waals surface area contributed by atoms with E-state index in [-0.39, 0.29) is 41.8 Å². The molecule has 0 aromatic heterocycles. The van der Waals surface area contributed by atoms with E-state index in [9.17, 15) is 22.8 Å². The van der Waals surface area contributed by atoms with Gasteiger partial charge in [-0.1, -0.05) is 0 Å². The van der Waals surface area contributed by atoms with Crippen molar-refractivity contribution in [1.82, 2.24) is 0 Å². The Kier molecular flexibility index (Phi) is 5.97. The Morgan fingerprint density at radius 1 is 1.00 bits per heavy atom. The molecule has 2 amide bonds. The van der Waals surface area contributed by atoms with Gasteiger partial charge in [0, 0.05) is 18.5 Å². The van der Waals surface area contributed by atoms with Crippen LogP contribution >= 0.6 is 0 Å². The number of nitrogens with one attached hydrogen (secondary N) is 1. The first-order chi connectivity index (χ1) is 13.8. The van der Waals surface area contributed by atoms with Crippen molar-refractivity contribution in [2.45, 2.75) is 31.1 Å². The van der Waals surface area contributed by atoms with Crippen LogP contribution < -0.4 is 9.62 Å². The second-order valence-electron chi connectivity index (χ2n) is 6.37. The Bertz CT molecular complexity index is 1010. The van der Waals surface area contributed by atoms with Gasteiger partial charge in [0.2, 0.25) is 11.8 Å². The van der Waals surface area contributed by atoms with E-state index < -0.39 is 16.0 Å². The molecule has 1 saturated heterocycles. The Morgan fingerprint density at radius 2 is 1.59 bits per heavy atom. The van der Waals surface area contributed by atoms with Gasteiger partial charge >= 0.3 is 5.97 Å². The Hall–Kier alpha value is -3.20. The highest BCUT2D eigenvalue weighted by Crippen LogP contribution is 2.24. The second-order valence-corrected chi connectivity index (χ2v) is 8.06. The molecule has 1 aliphatic heterocycles. The zero-order valence-electron chi connectivity index (χ0n) is 15.8. The van der Waals surface area contributed by atoms with E-state index in [4.69, 9.17) is 4.74 Å². The summed E-state index contributed by atoms with van der Waals surface area (Å²) in [5.41, 5.74) is 0.941. The maximum absolute atomic E-state index is 12.6. The quantitative estimate of drug-likeness (QED) is 0.573. The first-order valence-electron chi connectivity index (χ1n) is 9.07. The molecular formula is C20H20N2O6S. The van der Waals surface area contributed by atoms with Crippen LogP contribution in [0.3, 0.4) is 0 Å². The van der Waals surface area contributed by atoms with Crippen molar-refractivity contribution in [1.29, 1.82) is 0 Å². The molecule has 0 spiro atoms. The average Bonchev–Trinajstić information content (AvgIpc) is 2.69. The zero-order chi connectivity index (χ0) is 21.0. The number of sulfonamides is 1. The summed E-state index contributed by atoms with van der Waals surface area (Å²) in [6.45, 7) is 1.95. The molecule has 0 bridgehead atoms. The van der Waals surface area contributed by atoms with Gasteiger partial charge in [-0.15, -0.1) is 0 Å². The molecule has 0 radical (unpaired) electrons. The summed E-state index contributed by atoms with van der Waals surface area (Å²) >= 11 is 0. The minimum atomic E-state index is -3.89. The van der Waals surface area contributed by atoms with Crippen molar-refractivity contribution in [3.05, 3.63) is 54.1 Å². The van der Waals surface area contributed by atoms with E-state index in [0.29, 0.717) is 17.7 Å². The summed E-state index contributed by atoms with van der Waals surface area (Å²) in [5, 5.41) is 0. The summed E-state index contributed by atoms with van der Waals surface area (Å²) in [5.74, 6) is -1.08. The normalized spacial score (nSPS) is 14.6. The zero-order valence-corrected chi connectivity index (χ0v) is 16.6. The van der Waals surface area contributed by atoms with E-state index >= 15 is 0 Å². The summed E-state index contributed by atoms with van der Waals surface area (Å²) in [7, 11) is -3.89. The van der Waals surface area contributed by atoms with E-state index in [1.165, 1.54) is 48.5 Å². The lowest BCUT2D eigenvalue weighted by Crippen LogP contribution is -2.40. The van der Waals surface area contributed by atoms with Crippen LogP contribution in [0.1, 0.15) is 36.5 Å².